The number of rotatable bonds is 10. The molecule has 0 spiro atoms. The summed E-state index contributed by atoms with van der Waals surface area (Å²) in [4.78, 5) is 3.77. The SMILES string of the molecule is N#CCc1ccc(OC[C@@H](O)CNC[C@@H](c2cccs2)N2CCOCC2)cc1. The summed E-state index contributed by atoms with van der Waals surface area (Å²) in [7, 11) is 0. The van der Waals surface area contributed by atoms with Gasteiger partial charge in [0.2, 0.25) is 0 Å². The van der Waals surface area contributed by atoms with Gasteiger partial charge in [0, 0.05) is 31.1 Å². The van der Waals surface area contributed by atoms with Crippen molar-refractivity contribution in [2.45, 2.75) is 18.6 Å². The maximum absolute atomic E-state index is 10.2. The van der Waals surface area contributed by atoms with Crippen LogP contribution in [0, 0.1) is 11.3 Å². The van der Waals surface area contributed by atoms with Crippen molar-refractivity contribution in [1.29, 1.82) is 5.26 Å². The molecule has 1 aromatic heterocycles. The summed E-state index contributed by atoms with van der Waals surface area (Å²) in [5.74, 6) is 0.700. The minimum absolute atomic E-state index is 0.228. The molecule has 0 saturated carbocycles. The molecular formula is C21H27N3O3S. The van der Waals surface area contributed by atoms with Crippen LogP contribution >= 0.6 is 11.3 Å². The van der Waals surface area contributed by atoms with Gasteiger partial charge in [-0.3, -0.25) is 4.90 Å². The minimum atomic E-state index is -0.590. The predicted molar refractivity (Wildman–Crippen MR) is 110 cm³/mol. The molecule has 1 aromatic carbocycles. The van der Waals surface area contributed by atoms with Crippen molar-refractivity contribution in [1.82, 2.24) is 10.2 Å². The molecule has 2 aromatic rings. The smallest absolute Gasteiger partial charge is 0.119 e. The Bertz CT molecular complexity index is 724. The highest BCUT2D eigenvalue weighted by molar-refractivity contribution is 7.10. The molecule has 0 bridgehead atoms. The molecule has 7 heteroatoms. The van der Waals surface area contributed by atoms with Crippen LogP contribution in [0.4, 0.5) is 0 Å². The van der Waals surface area contributed by atoms with Crippen molar-refractivity contribution >= 4 is 11.3 Å². The second-order valence-electron chi connectivity index (χ2n) is 6.78. The molecule has 2 heterocycles. The number of hydrogen-bond acceptors (Lipinski definition) is 7. The standard InChI is InChI=1S/C21H27N3O3S/c22-8-7-17-3-5-19(6-4-17)27-16-18(25)14-23-15-20(21-2-1-13-28-21)24-9-11-26-12-10-24/h1-6,13,18,20,23,25H,7,9-12,14-16H2/t18-,20-/m0/s1. The molecule has 0 amide bonds. The third-order valence-electron chi connectivity index (χ3n) is 4.72. The third kappa shape index (κ3) is 6.30. The lowest BCUT2D eigenvalue weighted by molar-refractivity contribution is 0.0159. The van der Waals surface area contributed by atoms with Crippen molar-refractivity contribution in [3.63, 3.8) is 0 Å². The molecule has 6 nitrogen and oxygen atoms in total. The van der Waals surface area contributed by atoms with Crippen molar-refractivity contribution in [2.75, 3.05) is 46.0 Å². The molecule has 0 radical (unpaired) electrons. The maximum Gasteiger partial charge on any atom is 0.119 e. The first-order valence-electron chi connectivity index (χ1n) is 9.59. The van der Waals surface area contributed by atoms with E-state index in [9.17, 15) is 5.11 Å². The van der Waals surface area contributed by atoms with E-state index in [1.165, 1.54) is 4.88 Å². The number of aliphatic hydroxyl groups is 1. The molecule has 0 aliphatic carbocycles. The van der Waals surface area contributed by atoms with Gasteiger partial charge in [-0.15, -0.1) is 11.3 Å². The summed E-state index contributed by atoms with van der Waals surface area (Å²) in [5.41, 5.74) is 0.958. The zero-order chi connectivity index (χ0) is 19.6. The molecule has 1 aliphatic rings. The fourth-order valence-corrected chi connectivity index (χ4v) is 4.07. The van der Waals surface area contributed by atoms with Gasteiger partial charge in [0.05, 0.1) is 31.7 Å². The van der Waals surface area contributed by atoms with Gasteiger partial charge >= 0.3 is 0 Å². The summed E-state index contributed by atoms with van der Waals surface area (Å²) in [5, 5.41) is 24.4. The summed E-state index contributed by atoms with van der Waals surface area (Å²) in [6.07, 6.45) is -0.200. The Kier molecular flexibility index (Phi) is 8.27. The molecule has 3 rings (SSSR count). The molecule has 2 N–H and O–H groups in total. The highest BCUT2D eigenvalue weighted by Crippen LogP contribution is 2.25. The van der Waals surface area contributed by atoms with Gasteiger partial charge in [0.1, 0.15) is 18.5 Å². The summed E-state index contributed by atoms with van der Waals surface area (Å²) >= 11 is 1.77. The molecule has 28 heavy (non-hydrogen) atoms. The van der Waals surface area contributed by atoms with E-state index < -0.39 is 6.10 Å². The van der Waals surface area contributed by atoms with Crippen LogP contribution < -0.4 is 10.1 Å². The zero-order valence-electron chi connectivity index (χ0n) is 15.9. The van der Waals surface area contributed by atoms with Gasteiger partial charge in [-0.05, 0) is 29.1 Å². The van der Waals surface area contributed by atoms with Crippen LogP contribution in [0.5, 0.6) is 5.75 Å². The molecule has 1 aliphatic heterocycles. The monoisotopic (exact) mass is 401 g/mol. The lowest BCUT2D eigenvalue weighted by Gasteiger charge is -2.34. The Labute approximate surface area is 170 Å². The highest BCUT2D eigenvalue weighted by atomic mass is 32.1. The van der Waals surface area contributed by atoms with E-state index in [1.807, 2.05) is 24.3 Å². The van der Waals surface area contributed by atoms with Crippen LogP contribution in [0.3, 0.4) is 0 Å². The zero-order valence-corrected chi connectivity index (χ0v) is 16.7. The topological polar surface area (TPSA) is 77.8 Å². The van der Waals surface area contributed by atoms with E-state index in [0.29, 0.717) is 24.8 Å². The van der Waals surface area contributed by atoms with Crippen LogP contribution in [0.1, 0.15) is 16.5 Å². The Morgan fingerprint density at radius 3 is 2.68 bits per heavy atom. The largest absolute Gasteiger partial charge is 0.491 e. The van der Waals surface area contributed by atoms with Crippen molar-refractivity contribution in [2.24, 2.45) is 0 Å². The van der Waals surface area contributed by atoms with Crippen LogP contribution in [0.25, 0.3) is 0 Å². The van der Waals surface area contributed by atoms with Gasteiger partial charge in [-0.25, -0.2) is 0 Å². The molecule has 1 fully saturated rings. The van der Waals surface area contributed by atoms with E-state index >= 15 is 0 Å². The van der Waals surface area contributed by atoms with E-state index in [1.54, 1.807) is 11.3 Å². The average molecular weight is 402 g/mol. The second-order valence-corrected chi connectivity index (χ2v) is 7.76. The van der Waals surface area contributed by atoms with Gasteiger partial charge < -0.3 is 19.9 Å². The third-order valence-corrected chi connectivity index (χ3v) is 5.70. The first kappa shape index (κ1) is 20.8. The van der Waals surface area contributed by atoms with Crippen molar-refractivity contribution in [3.05, 3.63) is 52.2 Å². The normalized spacial score (nSPS) is 17.0. The number of aliphatic hydroxyl groups excluding tert-OH is 1. The number of morpholine rings is 1. The number of nitrogens with one attached hydrogen (secondary N) is 1. The molecule has 1 saturated heterocycles. The summed E-state index contributed by atoms with van der Waals surface area (Å²) < 4.78 is 11.1. The van der Waals surface area contributed by atoms with Crippen LogP contribution in [-0.4, -0.2) is 62.1 Å². The fourth-order valence-electron chi connectivity index (χ4n) is 3.21. The highest BCUT2D eigenvalue weighted by Gasteiger charge is 2.23. The minimum Gasteiger partial charge on any atom is -0.491 e. The summed E-state index contributed by atoms with van der Waals surface area (Å²) in [6, 6.07) is 14.1. The maximum atomic E-state index is 10.2. The Hall–Kier alpha value is -1.95. The van der Waals surface area contributed by atoms with Gasteiger partial charge in [-0.2, -0.15) is 5.26 Å². The first-order chi connectivity index (χ1) is 13.8. The quantitative estimate of drug-likeness (QED) is 0.636. The molecule has 2 atom stereocenters. The second kappa shape index (κ2) is 11.1. The Morgan fingerprint density at radius 1 is 1.21 bits per heavy atom. The van der Waals surface area contributed by atoms with Gasteiger partial charge in [-0.1, -0.05) is 18.2 Å². The van der Waals surface area contributed by atoms with E-state index in [-0.39, 0.29) is 6.61 Å². The van der Waals surface area contributed by atoms with E-state index in [4.69, 9.17) is 14.7 Å². The Balaban J connectivity index is 1.42. The predicted octanol–water partition coefficient (Wildman–Crippen LogP) is 2.22. The molecule has 0 unspecified atom stereocenters. The van der Waals surface area contributed by atoms with Crippen LogP contribution in [0.15, 0.2) is 41.8 Å². The van der Waals surface area contributed by atoms with E-state index in [0.717, 1.165) is 38.4 Å². The van der Waals surface area contributed by atoms with Crippen molar-refractivity contribution in [3.8, 4) is 11.8 Å². The number of thiophene rings is 1. The van der Waals surface area contributed by atoms with Crippen LogP contribution in [-0.2, 0) is 11.2 Å². The van der Waals surface area contributed by atoms with E-state index in [2.05, 4.69) is 33.8 Å². The van der Waals surface area contributed by atoms with Gasteiger partial charge in [0.15, 0.2) is 0 Å². The van der Waals surface area contributed by atoms with Crippen LogP contribution in [0.2, 0.25) is 0 Å². The fraction of sp³-hybridized carbons (Fsp3) is 0.476. The first-order valence-corrected chi connectivity index (χ1v) is 10.5. The molecular weight excluding hydrogens is 374 g/mol. The van der Waals surface area contributed by atoms with Crippen molar-refractivity contribution < 1.29 is 14.6 Å². The number of nitrogens with zero attached hydrogens (tertiary/aromatic N) is 2. The number of nitriles is 1. The lowest BCUT2D eigenvalue weighted by atomic mass is 10.1. The summed E-state index contributed by atoms with van der Waals surface area (Å²) in [6.45, 7) is 4.87. The number of hydrogen-bond donors (Lipinski definition) is 2. The van der Waals surface area contributed by atoms with Gasteiger partial charge in [0.25, 0.3) is 0 Å². The Morgan fingerprint density at radius 2 is 2.00 bits per heavy atom. The molecule has 150 valence electrons. The average Bonchev–Trinajstić information content (AvgIpc) is 3.26. The number of ether oxygens (including phenoxy) is 2. The lowest BCUT2D eigenvalue weighted by Crippen LogP contribution is -2.44. The number of benzene rings is 1.